The van der Waals surface area contributed by atoms with Gasteiger partial charge in [0.25, 0.3) is 0 Å². The van der Waals surface area contributed by atoms with Crippen molar-refractivity contribution < 1.29 is 4.74 Å². The topological polar surface area (TPSA) is 48.9 Å². The Morgan fingerprint density at radius 1 is 1.30 bits per heavy atom. The van der Waals surface area contributed by atoms with Crippen LogP contribution in [0.3, 0.4) is 0 Å². The molecule has 0 spiro atoms. The summed E-state index contributed by atoms with van der Waals surface area (Å²) < 4.78 is 5.82. The number of likely N-dealkylation sites (tertiary alicyclic amines) is 1. The van der Waals surface area contributed by atoms with Crippen molar-refractivity contribution in [2.45, 2.75) is 70.9 Å². The van der Waals surface area contributed by atoms with Gasteiger partial charge in [-0.2, -0.15) is 0 Å². The van der Waals surface area contributed by atoms with Crippen LogP contribution in [0.5, 0.6) is 0 Å². The molecule has 0 amide bonds. The molecule has 2 N–H and O–H groups in total. The van der Waals surface area contributed by atoms with Crippen molar-refractivity contribution in [3.8, 4) is 0 Å². The summed E-state index contributed by atoms with van der Waals surface area (Å²) in [5.74, 6) is 0.927. The molecular weight excluding hydrogens is 288 g/mol. The van der Waals surface area contributed by atoms with Crippen molar-refractivity contribution in [3.63, 3.8) is 0 Å². The van der Waals surface area contributed by atoms with E-state index in [2.05, 4.69) is 36.3 Å². The molecule has 0 radical (unpaired) electrons. The molecule has 2 rings (SSSR count). The fraction of sp³-hybridized carbons (Fsp3) is 0.944. The van der Waals surface area contributed by atoms with Crippen LogP contribution >= 0.6 is 0 Å². The van der Waals surface area contributed by atoms with E-state index in [1.54, 1.807) is 0 Å². The van der Waals surface area contributed by atoms with Gasteiger partial charge in [-0.25, -0.2) is 0 Å². The van der Waals surface area contributed by atoms with Crippen molar-refractivity contribution in [2.24, 2.45) is 4.99 Å². The number of hydrogen-bond donors (Lipinski definition) is 2. The van der Waals surface area contributed by atoms with Gasteiger partial charge in [-0.05, 0) is 59.4 Å². The number of nitrogens with one attached hydrogen (secondary N) is 2. The lowest BCUT2D eigenvalue weighted by Gasteiger charge is -2.33. The van der Waals surface area contributed by atoms with Gasteiger partial charge in [0.2, 0.25) is 0 Å². The Balaban J connectivity index is 1.69. The van der Waals surface area contributed by atoms with Crippen molar-refractivity contribution in [3.05, 3.63) is 0 Å². The van der Waals surface area contributed by atoms with Crippen LogP contribution in [0.15, 0.2) is 4.99 Å². The first-order valence-electron chi connectivity index (χ1n) is 9.53. The average molecular weight is 325 g/mol. The zero-order valence-electron chi connectivity index (χ0n) is 15.4. The molecule has 0 saturated carbocycles. The minimum Gasteiger partial charge on any atom is -0.373 e. The summed E-state index contributed by atoms with van der Waals surface area (Å²) in [5, 5.41) is 6.81. The zero-order chi connectivity index (χ0) is 16.5. The highest BCUT2D eigenvalue weighted by Gasteiger charge is 2.29. The first-order chi connectivity index (χ1) is 11.1. The Morgan fingerprint density at radius 3 is 2.87 bits per heavy atom. The van der Waals surface area contributed by atoms with Gasteiger partial charge < -0.3 is 20.3 Å². The van der Waals surface area contributed by atoms with E-state index < -0.39 is 0 Å². The van der Waals surface area contributed by atoms with E-state index in [9.17, 15) is 0 Å². The lowest BCUT2D eigenvalue weighted by atomic mass is 10.0. The molecule has 2 aliphatic heterocycles. The van der Waals surface area contributed by atoms with Gasteiger partial charge in [-0.3, -0.25) is 4.99 Å². The number of nitrogens with zero attached hydrogens (tertiary/aromatic N) is 2. The highest BCUT2D eigenvalue weighted by molar-refractivity contribution is 5.79. The maximum atomic E-state index is 5.82. The standard InChI is InChI=1S/C18H36N4O/c1-4-19-17(21-15-18(3)10-7-14-23-18)20-11-8-13-22-12-6-5-9-16(22)2/h16H,4-15H2,1-3H3,(H2,19,20,21). The van der Waals surface area contributed by atoms with E-state index in [1.807, 2.05) is 0 Å². The fourth-order valence-corrected chi connectivity index (χ4v) is 3.53. The van der Waals surface area contributed by atoms with Crippen molar-refractivity contribution in [1.82, 2.24) is 15.5 Å². The Labute approximate surface area is 142 Å². The van der Waals surface area contributed by atoms with Gasteiger partial charge in [-0.15, -0.1) is 0 Å². The van der Waals surface area contributed by atoms with Gasteiger partial charge in [0.05, 0.1) is 12.1 Å². The largest absolute Gasteiger partial charge is 0.373 e. The summed E-state index contributed by atoms with van der Waals surface area (Å²) in [4.78, 5) is 7.35. The summed E-state index contributed by atoms with van der Waals surface area (Å²) in [7, 11) is 0. The minimum absolute atomic E-state index is 0.0639. The Hall–Kier alpha value is -0.810. The summed E-state index contributed by atoms with van der Waals surface area (Å²) in [6.45, 7) is 12.6. The monoisotopic (exact) mass is 324 g/mol. The van der Waals surface area contributed by atoms with E-state index >= 15 is 0 Å². The first-order valence-corrected chi connectivity index (χ1v) is 9.53. The lowest BCUT2D eigenvalue weighted by Crippen LogP contribution is -2.42. The second-order valence-electron chi connectivity index (χ2n) is 7.26. The molecule has 2 atom stereocenters. The smallest absolute Gasteiger partial charge is 0.191 e. The molecule has 23 heavy (non-hydrogen) atoms. The third kappa shape index (κ3) is 6.30. The molecule has 5 nitrogen and oxygen atoms in total. The molecule has 0 aromatic rings. The molecule has 2 unspecified atom stereocenters. The quantitative estimate of drug-likeness (QED) is 0.429. The average Bonchev–Trinajstić information content (AvgIpc) is 2.98. The molecule has 0 aromatic heterocycles. The van der Waals surface area contributed by atoms with Gasteiger partial charge in [0, 0.05) is 32.3 Å². The van der Waals surface area contributed by atoms with Crippen LogP contribution in [-0.2, 0) is 4.74 Å². The SMILES string of the molecule is CCNC(=NCC1(C)CCCO1)NCCCN1CCCCC1C. The minimum atomic E-state index is -0.0639. The van der Waals surface area contributed by atoms with Crippen LogP contribution in [0.1, 0.15) is 59.3 Å². The second-order valence-corrected chi connectivity index (χ2v) is 7.26. The molecule has 5 heteroatoms. The number of guanidine groups is 1. The van der Waals surface area contributed by atoms with E-state index in [1.165, 1.54) is 38.8 Å². The highest BCUT2D eigenvalue weighted by Crippen LogP contribution is 2.25. The molecular formula is C18H36N4O. The Bertz CT molecular complexity index is 366. The fourth-order valence-electron chi connectivity index (χ4n) is 3.53. The zero-order valence-corrected chi connectivity index (χ0v) is 15.4. The van der Waals surface area contributed by atoms with Crippen LogP contribution in [0, 0.1) is 0 Å². The molecule has 0 aromatic carbocycles. The van der Waals surface area contributed by atoms with Crippen LogP contribution < -0.4 is 10.6 Å². The van der Waals surface area contributed by atoms with Crippen molar-refractivity contribution in [1.29, 1.82) is 0 Å². The van der Waals surface area contributed by atoms with Crippen molar-refractivity contribution in [2.75, 3.05) is 39.3 Å². The molecule has 2 fully saturated rings. The third-order valence-electron chi connectivity index (χ3n) is 5.07. The number of aliphatic imine (C=N–C) groups is 1. The predicted molar refractivity (Wildman–Crippen MR) is 97.1 cm³/mol. The summed E-state index contributed by atoms with van der Waals surface area (Å²) in [6.07, 6.45) is 7.56. The first kappa shape index (κ1) is 18.5. The van der Waals surface area contributed by atoms with Gasteiger partial charge in [0.1, 0.15) is 0 Å². The van der Waals surface area contributed by atoms with Gasteiger partial charge in [-0.1, -0.05) is 6.42 Å². The van der Waals surface area contributed by atoms with Crippen LogP contribution in [0.2, 0.25) is 0 Å². The number of hydrogen-bond acceptors (Lipinski definition) is 3. The Morgan fingerprint density at radius 2 is 2.17 bits per heavy atom. The summed E-state index contributed by atoms with van der Waals surface area (Å²) in [5.41, 5.74) is -0.0639. The second kappa shape index (κ2) is 9.48. The number of piperidine rings is 1. The van der Waals surface area contributed by atoms with E-state index in [0.717, 1.165) is 51.1 Å². The van der Waals surface area contributed by atoms with Gasteiger partial charge in [0.15, 0.2) is 5.96 Å². The lowest BCUT2D eigenvalue weighted by molar-refractivity contribution is 0.0283. The van der Waals surface area contributed by atoms with Crippen LogP contribution in [0.25, 0.3) is 0 Å². The normalized spacial score (nSPS) is 29.7. The van der Waals surface area contributed by atoms with E-state index in [-0.39, 0.29) is 5.60 Å². The Kier molecular flexibility index (Phi) is 7.63. The van der Waals surface area contributed by atoms with Crippen LogP contribution in [0.4, 0.5) is 0 Å². The molecule has 134 valence electrons. The summed E-state index contributed by atoms with van der Waals surface area (Å²) in [6, 6.07) is 0.755. The van der Waals surface area contributed by atoms with E-state index in [4.69, 9.17) is 9.73 Å². The van der Waals surface area contributed by atoms with Gasteiger partial charge >= 0.3 is 0 Å². The maximum Gasteiger partial charge on any atom is 0.191 e. The number of rotatable bonds is 7. The summed E-state index contributed by atoms with van der Waals surface area (Å²) >= 11 is 0. The molecule has 2 aliphatic rings. The molecule has 2 saturated heterocycles. The molecule has 2 heterocycles. The van der Waals surface area contributed by atoms with Crippen molar-refractivity contribution >= 4 is 5.96 Å². The highest BCUT2D eigenvalue weighted by atomic mass is 16.5. The van der Waals surface area contributed by atoms with E-state index in [0.29, 0.717) is 0 Å². The van der Waals surface area contributed by atoms with Crippen LogP contribution in [-0.4, -0.2) is 61.8 Å². The molecule has 0 aliphatic carbocycles. The third-order valence-corrected chi connectivity index (χ3v) is 5.07. The maximum absolute atomic E-state index is 5.82. The molecule has 0 bridgehead atoms. The number of ether oxygens (including phenoxy) is 1. The predicted octanol–water partition coefficient (Wildman–Crippen LogP) is 2.38.